The SMILES string of the molecule is CCCCCCCCCC/C=C\CCCCCCCCCCCCCCCCCC(=O)NC(CO)C(O)/C=C/CC/C=C/CC/C=C/CCCCCCCCCCCCCCC. The van der Waals surface area contributed by atoms with Crippen molar-refractivity contribution in [1.29, 1.82) is 0 Å². The third-order valence-corrected chi connectivity index (χ3v) is 12.8. The van der Waals surface area contributed by atoms with Gasteiger partial charge in [0.25, 0.3) is 0 Å². The molecule has 0 aliphatic carbocycles. The number of aliphatic hydroxyl groups excluding tert-OH is 2. The Morgan fingerprint density at radius 2 is 0.629 bits per heavy atom. The van der Waals surface area contributed by atoms with Crippen molar-refractivity contribution in [2.45, 2.75) is 309 Å². The molecule has 0 saturated carbocycles. The second-order valence-electron chi connectivity index (χ2n) is 19.0. The predicted molar refractivity (Wildman–Crippen MR) is 276 cm³/mol. The maximum absolute atomic E-state index is 12.5. The maximum Gasteiger partial charge on any atom is 0.220 e. The number of aliphatic hydroxyl groups is 2. The maximum atomic E-state index is 12.5. The molecule has 3 N–H and O–H groups in total. The zero-order valence-corrected chi connectivity index (χ0v) is 41.9. The van der Waals surface area contributed by atoms with Gasteiger partial charge in [-0.15, -0.1) is 0 Å². The molecule has 0 rings (SSSR count). The van der Waals surface area contributed by atoms with E-state index in [1.807, 2.05) is 6.08 Å². The number of nitrogens with one attached hydrogen (secondary N) is 1. The summed E-state index contributed by atoms with van der Waals surface area (Å²) >= 11 is 0. The second kappa shape index (κ2) is 53.7. The van der Waals surface area contributed by atoms with Gasteiger partial charge in [-0.25, -0.2) is 0 Å². The summed E-state index contributed by atoms with van der Waals surface area (Å²) in [5, 5.41) is 23.1. The van der Waals surface area contributed by atoms with Crippen molar-refractivity contribution < 1.29 is 15.0 Å². The van der Waals surface area contributed by atoms with Crippen LogP contribution in [0.4, 0.5) is 0 Å². The average molecular weight is 869 g/mol. The third-order valence-electron chi connectivity index (χ3n) is 12.8. The molecule has 0 aromatic heterocycles. The predicted octanol–water partition coefficient (Wildman–Crippen LogP) is 18.3. The van der Waals surface area contributed by atoms with E-state index in [0.717, 1.165) is 38.5 Å². The molecular formula is C58H109NO3. The van der Waals surface area contributed by atoms with Crippen LogP contribution in [0.1, 0.15) is 296 Å². The van der Waals surface area contributed by atoms with Gasteiger partial charge in [-0.3, -0.25) is 4.79 Å². The minimum absolute atomic E-state index is 0.0745. The Kier molecular flexibility index (Phi) is 52.3. The molecule has 0 heterocycles. The molecule has 0 radical (unpaired) electrons. The fraction of sp³-hybridized carbons (Fsp3) is 0.845. The molecule has 0 aromatic carbocycles. The summed E-state index contributed by atoms with van der Waals surface area (Å²) in [5.74, 6) is -0.0745. The topological polar surface area (TPSA) is 69.6 Å². The second-order valence-corrected chi connectivity index (χ2v) is 19.0. The Labute approximate surface area is 388 Å². The lowest BCUT2D eigenvalue weighted by molar-refractivity contribution is -0.123. The lowest BCUT2D eigenvalue weighted by atomic mass is 10.0. The molecule has 364 valence electrons. The minimum atomic E-state index is -0.871. The third kappa shape index (κ3) is 49.4. The summed E-state index contributed by atoms with van der Waals surface area (Å²) in [7, 11) is 0. The molecule has 2 atom stereocenters. The van der Waals surface area contributed by atoms with E-state index >= 15 is 0 Å². The summed E-state index contributed by atoms with van der Waals surface area (Å²) in [6.45, 7) is 4.32. The Balaban J connectivity index is 3.54. The van der Waals surface area contributed by atoms with Gasteiger partial charge < -0.3 is 15.5 Å². The van der Waals surface area contributed by atoms with Crippen molar-refractivity contribution in [3.05, 3.63) is 48.6 Å². The normalized spacial score (nSPS) is 13.2. The number of amides is 1. The average Bonchev–Trinajstić information content (AvgIpc) is 3.28. The summed E-state index contributed by atoms with van der Waals surface area (Å²) in [5.41, 5.74) is 0. The zero-order chi connectivity index (χ0) is 44.9. The molecule has 0 aliphatic rings. The van der Waals surface area contributed by atoms with Gasteiger partial charge in [-0.2, -0.15) is 0 Å². The number of carbonyl (C=O) groups is 1. The quantitative estimate of drug-likeness (QED) is 0.0421. The van der Waals surface area contributed by atoms with Crippen LogP contribution in [0.25, 0.3) is 0 Å². The van der Waals surface area contributed by atoms with Gasteiger partial charge >= 0.3 is 0 Å². The first-order chi connectivity index (χ1) is 30.7. The Morgan fingerprint density at radius 1 is 0.371 bits per heavy atom. The summed E-state index contributed by atoms with van der Waals surface area (Å²) in [4.78, 5) is 12.5. The first kappa shape index (κ1) is 60.4. The van der Waals surface area contributed by atoms with Gasteiger partial charge in [0.15, 0.2) is 0 Å². The monoisotopic (exact) mass is 868 g/mol. The fourth-order valence-corrected chi connectivity index (χ4v) is 8.50. The van der Waals surface area contributed by atoms with E-state index in [2.05, 4.69) is 55.6 Å². The van der Waals surface area contributed by atoms with Gasteiger partial charge in [0.05, 0.1) is 18.8 Å². The first-order valence-corrected chi connectivity index (χ1v) is 27.9. The van der Waals surface area contributed by atoms with Crippen LogP contribution >= 0.6 is 0 Å². The van der Waals surface area contributed by atoms with E-state index in [-0.39, 0.29) is 12.5 Å². The van der Waals surface area contributed by atoms with Gasteiger partial charge in [0, 0.05) is 6.42 Å². The Hall–Kier alpha value is -1.65. The number of hydrogen-bond donors (Lipinski definition) is 3. The molecule has 4 nitrogen and oxygen atoms in total. The number of carbonyl (C=O) groups excluding carboxylic acids is 1. The van der Waals surface area contributed by atoms with Crippen LogP contribution in [0.3, 0.4) is 0 Å². The molecule has 0 aromatic rings. The summed E-state index contributed by atoms with van der Waals surface area (Å²) < 4.78 is 0. The summed E-state index contributed by atoms with van der Waals surface area (Å²) in [6.07, 6.45) is 74.1. The minimum Gasteiger partial charge on any atom is -0.394 e. The molecule has 0 aliphatic heterocycles. The molecule has 0 saturated heterocycles. The van der Waals surface area contributed by atoms with Crippen LogP contribution in [0, 0.1) is 0 Å². The Morgan fingerprint density at radius 3 is 0.935 bits per heavy atom. The molecule has 4 heteroatoms. The number of unbranched alkanes of at least 4 members (excludes halogenated alkanes) is 38. The van der Waals surface area contributed by atoms with E-state index in [4.69, 9.17) is 0 Å². The fourth-order valence-electron chi connectivity index (χ4n) is 8.50. The standard InChI is InChI=1S/C58H109NO3/c1-3-5-7-9-11-13-15-17-19-21-23-25-27-28-29-30-32-34-36-38-40-42-44-46-48-50-52-54-58(62)59-56(55-60)57(61)53-51-49-47-45-43-41-39-37-35-33-31-26-24-22-20-18-16-14-12-10-8-6-4-2/h21,23,35,37,43,45,51,53,56-57,60-61H,3-20,22,24-34,36,38-42,44,46-50,52,54-55H2,1-2H3,(H,59,62)/b23-21-,37-35+,45-43+,53-51+. The highest BCUT2D eigenvalue weighted by Gasteiger charge is 2.18. The first-order valence-electron chi connectivity index (χ1n) is 27.9. The van der Waals surface area contributed by atoms with Crippen molar-refractivity contribution in [2.75, 3.05) is 6.61 Å². The Bertz CT molecular complexity index is 985. The van der Waals surface area contributed by atoms with E-state index < -0.39 is 12.1 Å². The largest absolute Gasteiger partial charge is 0.394 e. The molecule has 2 unspecified atom stereocenters. The number of rotatable bonds is 51. The zero-order valence-electron chi connectivity index (χ0n) is 41.9. The highest BCUT2D eigenvalue weighted by molar-refractivity contribution is 5.76. The van der Waals surface area contributed by atoms with E-state index in [9.17, 15) is 15.0 Å². The molecule has 0 spiro atoms. The molecular weight excluding hydrogens is 759 g/mol. The van der Waals surface area contributed by atoms with Gasteiger partial charge in [0.2, 0.25) is 5.91 Å². The smallest absolute Gasteiger partial charge is 0.220 e. The molecule has 0 bridgehead atoms. The number of hydrogen-bond acceptors (Lipinski definition) is 3. The van der Waals surface area contributed by atoms with Crippen molar-refractivity contribution in [2.24, 2.45) is 0 Å². The van der Waals surface area contributed by atoms with Crippen molar-refractivity contribution in [1.82, 2.24) is 5.32 Å². The highest BCUT2D eigenvalue weighted by Crippen LogP contribution is 2.16. The van der Waals surface area contributed by atoms with Gasteiger partial charge in [-0.1, -0.05) is 268 Å². The van der Waals surface area contributed by atoms with Gasteiger partial charge in [0.1, 0.15) is 0 Å². The van der Waals surface area contributed by atoms with E-state index in [1.54, 1.807) is 6.08 Å². The van der Waals surface area contributed by atoms with Crippen molar-refractivity contribution >= 4 is 5.91 Å². The lowest BCUT2D eigenvalue weighted by Crippen LogP contribution is -2.45. The highest BCUT2D eigenvalue weighted by atomic mass is 16.3. The lowest BCUT2D eigenvalue weighted by Gasteiger charge is -2.19. The van der Waals surface area contributed by atoms with Crippen molar-refractivity contribution in [3.63, 3.8) is 0 Å². The van der Waals surface area contributed by atoms with Crippen LogP contribution in [0.15, 0.2) is 48.6 Å². The molecule has 0 fully saturated rings. The van der Waals surface area contributed by atoms with Crippen LogP contribution in [0.2, 0.25) is 0 Å². The van der Waals surface area contributed by atoms with Crippen LogP contribution in [-0.2, 0) is 4.79 Å². The van der Waals surface area contributed by atoms with E-state index in [0.29, 0.717) is 6.42 Å². The summed E-state index contributed by atoms with van der Waals surface area (Å²) in [6, 6.07) is -0.646. The van der Waals surface area contributed by atoms with Crippen LogP contribution in [-0.4, -0.2) is 34.9 Å². The van der Waals surface area contributed by atoms with E-state index in [1.165, 1.54) is 238 Å². The van der Waals surface area contributed by atoms with Crippen LogP contribution in [0.5, 0.6) is 0 Å². The molecule has 62 heavy (non-hydrogen) atoms. The van der Waals surface area contributed by atoms with Gasteiger partial charge in [-0.05, 0) is 70.6 Å². The van der Waals surface area contributed by atoms with Crippen molar-refractivity contribution in [3.8, 4) is 0 Å². The molecule has 1 amide bonds. The number of allylic oxidation sites excluding steroid dienone is 7. The van der Waals surface area contributed by atoms with Crippen LogP contribution < -0.4 is 5.32 Å².